The average molecular weight is 376 g/mol. The summed E-state index contributed by atoms with van der Waals surface area (Å²) >= 11 is 0. The molecule has 0 aliphatic carbocycles. The summed E-state index contributed by atoms with van der Waals surface area (Å²) in [5.41, 5.74) is 3.20. The van der Waals surface area contributed by atoms with Crippen LogP contribution in [0.3, 0.4) is 0 Å². The van der Waals surface area contributed by atoms with Crippen molar-refractivity contribution in [3.05, 3.63) is 65.4 Å². The summed E-state index contributed by atoms with van der Waals surface area (Å²) < 4.78 is 1.74. The first-order chi connectivity index (χ1) is 13.5. The molecule has 6 heteroatoms. The zero-order valence-electron chi connectivity index (χ0n) is 16.3. The van der Waals surface area contributed by atoms with Crippen molar-refractivity contribution < 1.29 is 9.59 Å². The van der Waals surface area contributed by atoms with Gasteiger partial charge in [0.15, 0.2) is 5.69 Å². The van der Waals surface area contributed by atoms with Crippen LogP contribution < -0.4 is 0 Å². The van der Waals surface area contributed by atoms with E-state index in [9.17, 15) is 9.59 Å². The lowest BCUT2D eigenvalue weighted by atomic mass is 10.1. The summed E-state index contributed by atoms with van der Waals surface area (Å²) in [5.74, 6) is -0.0389. The molecule has 2 amide bonds. The van der Waals surface area contributed by atoms with E-state index >= 15 is 0 Å². The summed E-state index contributed by atoms with van der Waals surface area (Å²) in [6.07, 6.45) is 0.758. The number of hydrogen-bond donors (Lipinski definition) is 0. The average Bonchev–Trinajstić information content (AvgIpc) is 2.88. The van der Waals surface area contributed by atoms with Crippen LogP contribution in [0.2, 0.25) is 0 Å². The van der Waals surface area contributed by atoms with E-state index in [-0.39, 0.29) is 11.8 Å². The Kier molecular flexibility index (Phi) is 4.86. The minimum atomic E-state index is -0.0679. The van der Waals surface area contributed by atoms with Crippen molar-refractivity contribution >= 4 is 22.7 Å². The summed E-state index contributed by atoms with van der Waals surface area (Å²) in [6, 6.07) is 15.4. The van der Waals surface area contributed by atoms with Crippen molar-refractivity contribution in [3.8, 4) is 0 Å². The van der Waals surface area contributed by atoms with E-state index in [1.165, 1.54) is 0 Å². The second-order valence-corrected chi connectivity index (χ2v) is 7.30. The van der Waals surface area contributed by atoms with Crippen LogP contribution in [0.25, 0.3) is 10.9 Å². The summed E-state index contributed by atoms with van der Waals surface area (Å²) in [7, 11) is 1.85. The number of fused-ring (bicyclic) bond motifs is 1. The minimum Gasteiger partial charge on any atom is -0.337 e. The van der Waals surface area contributed by atoms with E-state index in [0.29, 0.717) is 37.4 Å². The molecule has 1 aliphatic heterocycles. The molecule has 1 aromatic heterocycles. The van der Waals surface area contributed by atoms with Gasteiger partial charge in [-0.05, 0) is 31.5 Å². The highest BCUT2D eigenvalue weighted by atomic mass is 16.2. The topological polar surface area (TPSA) is 58.4 Å². The van der Waals surface area contributed by atoms with Crippen LogP contribution in [0, 0.1) is 6.92 Å². The number of aryl methyl sites for hydroxylation is 2. The maximum Gasteiger partial charge on any atom is 0.275 e. The van der Waals surface area contributed by atoms with Gasteiger partial charge in [-0.1, -0.05) is 35.9 Å². The van der Waals surface area contributed by atoms with Gasteiger partial charge >= 0.3 is 0 Å². The van der Waals surface area contributed by atoms with E-state index in [1.54, 1.807) is 4.68 Å². The maximum atomic E-state index is 13.1. The number of carbonyl (C=O) groups excluding carboxylic acids is 2. The lowest BCUT2D eigenvalue weighted by Gasteiger charge is -2.22. The highest BCUT2D eigenvalue weighted by Gasteiger charge is 2.26. The molecule has 0 spiro atoms. The molecule has 0 radical (unpaired) electrons. The molecule has 2 heterocycles. The molecule has 0 saturated carbocycles. The van der Waals surface area contributed by atoms with Gasteiger partial charge in [0.05, 0.1) is 5.52 Å². The first-order valence-corrected chi connectivity index (χ1v) is 9.61. The second-order valence-electron chi connectivity index (χ2n) is 7.30. The smallest absolute Gasteiger partial charge is 0.275 e. The van der Waals surface area contributed by atoms with Crippen LogP contribution in [0.4, 0.5) is 0 Å². The van der Waals surface area contributed by atoms with Crippen LogP contribution in [0.1, 0.15) is 32.8 Å². The van der Waals surface area contributed by atoms with Crippen molar-refractivity contribution in [3.63, 3.8) is 0 Å². The number of hydrogen-bond acceptors (Lipinski definition) is 3. The monoisotopic (exact) mass is 376 g/mol. The molecule has 3 aromatic rings. The van der Waals surface area contributed by atoms with Crippen molar-refractivity contribution in [2.24, 2.45) is 7.05 Å². The molecule has 0 atom stereocenters. The Hall–Kier alpha value is -3.15. The Morgan fingerprint density at radius 3 is 2.36 bits per heavy atom. The van der Waals surface area contributed by atoms with Crippen molar-refractivity contribution in [2.45, 2.75) is 13.3 Å². The van der Waals surface area contributed by atoms with Gasteiger partial charge in [-0.2, -0.15) is 5.10 Å². The Morgan fingerprint density at radius 2 is 1.61 bits per heavy atom. The fourth-order valence-corrected chi connectivity index (χ4v) is 3.81. The highest BCUT2D eigenvalue weighted by molar-refractivity contribution is 6.05. The van der Waals surface area contributed by atoms with E-state index in [4.69, 9.17) is 0 Å². The molecule has 28 heavy (non-hydrogen) atoms. The standard InChI is InChI=1S/C22H24N4O2/c1-16-7-5-8-17(15-16)21(27)25-11-6-12-26(14-13-25)22(28)20-18-9-3-4-10-19(18)24(2)23-20/h3-5,7-10,15H,6,11-14H2,1-2H3. The first-order valence-electron chi connectivity index (χ1n) is 9.61. The molecule has 1 aliphatic rings. The summed E-state index contributed by atoms with van der Waals surface area (Å²) in [6.45, 7) is 4.31. The van der Waals surface area contributed by atoms with Crippen molar-refractivity contribution in [1.29, 1.82) is 0 Å². The minimum absolute atomic E-state index is 0.0290. The lowest BCUT2D eigenvalue weighted by molar-refractivity contribution is 0.0716. The highest BCUT2D eigenvalue weighted by Crippen LogP contribution is 2.20. The quantitative estimate of drug-likeness (QED) is 0.691. The molecule has 144 valence electrons. The third-order valence-electron chi connectivity index (χ3n) is 5.30. The molecule has 6 nitrogen and oxygen atoms in total. The van der Waals surface area contributed by atoms with Crippen LogP contribution in [-0.4, -0.2) is 57.6 Å². The SMILES string of the molecule is Cc1cccc(C(=O)N2CCCN(C(=O)c3nn(C)c4ccccc34)CC2)c1. The normalized spacial score (nSPS) is 14.9. The van der Waals surface area contributed by atoms with Crippen LogP contribution in [-0.2, 0) is 7.05 Å². The number of carbonyl (C=O) groups is 2. The van der Waals surface area contributed by atoms with Crippen LogP contribution >= 0.6 is 0 Å². The predicted molar refractivity (Wildman–Crippen MR) is 108 cm³/mol. The number of para-hydroxylation sites is 1. The van der Waals surface area contributed by atoms with Gasteiger partial charge in [0.25, 0.3) is 11.8 Å². The molecule has 1 saturated heterocycles. The van der Waals surface area contributed by atoms with Crippen LogP contribution in [0.15, 0.2) is 48.5 Å². The number of benzene rings is 2. The third-order valence-corrected chi connectivity index (χ3v) is 5.30. The Bertz CT molecular complexity index is 1040. The second kappa shape index (κ2) is 7.46. The maximum absolute atomic E-state index is 13.1. The fraction of sp³-hybridized carbons (Fsp3) is 0.318. The summed E-state index contributed by atoms with van der Waals surface area (Å²) in [5, 5.41) is 5.32. The van der Waals surface area contributed by atoms with Gasteiger partial charge in [-0.15, -0.1) is 0 Å². The Labute approximate surface area is 164 Å². The van der Waals surface area contributed by atoms with E-state index in [0.717, 1.165) is 22.9 Å². The van der Waals surface area contributed by atoms with E-state index < -0.39 is 0 Å². The van der Waals surface area contributed by atoms with E-state index in [1.807, 2.05) is 72.3 Å². The zero-order valence-corrected chi connectivity index (χ0v) is 16.3. The van der Waals surface area contributed by atoms with Crippen molar-refractivity contribution in [2.75, 3.05) is 26.2 Å². The van der Waals surface area contributed by atoms with Gasteiger partial charge in [0.2, 0.25) is 0 Å². The molecule has 4 rings (SSSR count). The first kappa shape index (κ1) is 18.2. The van der Waals surface area contributed by atoms with Gasteiger partial charge in [-0.25, -0.2) is 0 Å². The fourth-order valence-electron chi connectivity index (χ4n) is 3.81. The Balaban J connectivity index is 1.51. The number of amides is 2. The lowest BCUT2D eigenvalue weighted by Crippen LogP contribution is -2.37. The molecule has 0 bridgehead atoms. The Morgan fingerprint density at radius 1 is 0.893 bits per heavy atom. The van der Waals surface area contributed by atoms with Gasteiger partial charge in [0.1, 0.15) is 0 Å². The summed E-state index contributed by atoms with van der Waals surface area (Å²) in [4.78, 5) is 29.6. The van der Waals surface area contributed by atoms with Gasteiger partial charge in [0, 0.05) is 44.2 Å². The van der Waals surface area contributed by atoms with Crippen molar-refractivity contribution in [1.82, 2.24) is 19.6 Å². The molecular weight excluding hydrogens is 352 g/mol. The number of rotatable bonds is 2. The predicted octanol–water partition coefficient (Wildman–Crippen LogP) is 2.87. The van der Waals surface area contributed by atoms with Gasteiger partial charge in [-0.3, -0.25) is 14.3 Å². The molecule has 1 fully saturated rings. The molecule has 2 aromatic carbocycles. The molecular formula is C22H24N4O2. The van der Waals surface area contributed by atoms with Gasteiger partial charge < -0.3 is 9.80 Å². The number of aromatic nitrogens is 2. The number of nitrogens with zero attached hydrogens (tertiary/aromatic N) is 4. The van der Waals surface area contributed by atoms with E-state index in [2.05, 4.69) is 5.10 Å². The van der Waals surface area contributed by atoms with Crippen LogP contribution in [0.5, 0.6) is 0 Å². The third kappa shape index (κ3) is 3.38. The molecule has 0 unspecified atom stereocenters. The molecule has 0 N–H and O–H groups in total. The largest absolute Gasteiger partial charge is 0.337 e. The zero-order chi connectivity index (χ0) is 19.7.